The standard InChI is InChI=1S/C27H30N2O6/c1-27(25(31)32)13-18(34-2)14-29(27)24(30)16-11-17(12-16)28-26(33)35-15-23-21-9-5-3-7-19(21)20-8-4-6-10-22(20)23/h3-10,16-18,23H,11-15H2,1-2H3,(H,28,33)(H,31,32). The Morgan fingerprint density at radius 2 is 1.66 bits per heavy atom. The van der Waals surface area contributed by atoms with Crippen LogP contribution in [0.25, 0.3) is 11.1 Å². The van der Waals surface area contributed by atoms with Crippen molar-refractivity contribution in [2.45, 2.75) is 49.8 Å². The van der Waals surface area contributed by atoms with Gasteiger partial charge >= 0.3 is 12.1 Å². The van der Waals surface area contributed by atoms with Gasteiger partial charge in [0.15, 0.2) is 0 Å². The second-order valence-electron chi connectivity index (χ2n) is 9.92. The highest BCUT2D eigenvalue weighted by atomic mass is 16.5. The summed E-state index contributed by atoms with van der Waals surface area (Å²) in [4.78, 5) is 38.8. The van der Waals surface area contributed by atoms with Crippen LogP contribution in [-0.2, 0) is 19.1 Å². The summed E-state index contributed by atoms with van der Waals surface area (Å²) in [6, 6.07) is 16.2. The molecule has 2 fully saturated rings. The molecule has 2 aromatic rings. The van der Waals surface area contributed by atoms with Gasteiger partial charge in [0.25, 0.3) is 0 Å². The number of carboxylic acid groups (broad SMARTS) is 1. The van der Waals surface area contributed by atoms with Gasteiger partial charge in [0.2, 0.25) is 5.91 Å². The maximum absolute atomic E-state index is 13.0. The van der Waals surface area contributed by atoms with Crippen LogP contribution < -0.4 is 5.32 Å². The zero-order chi connectivity index (χ0) is 24.7. The van der Waals surface area contributed by atoms with Crippen LogP contribution in [0.1, 0.15) is 43.2 Å². The summed E-state index contributed by atoms with van der Waals surface area (Å²) in [5, 5.41) is 12.6. The van der Waals surface area contributed by atoms with E-state index in [9.17, 15) is 19.5 Å². The van der Waals surface area contributed by atoms with E-state index in [1.165, 1.54) is 23.1 Å². The van der Waals surface area contributed by atoms with Crippen LogP contribution in [0.5, 0.6) is 0 Å². The fraction of sp³-hybridized carbons (Fsp3) is 0.444. The Morgan fingerprint density at radius 1 is 1.06 bits per heavy atom. The Hall–Kier alpha value is -3.39. The molecule has 8 heteroatoms. The van der Waals surface area contributed by atoms with Crippen molar-refractivity contribution in [1.82, 2.24) is 10.2 Å². The smallest absolute Gasteiger partial charge is 0.407 e. The highest BCUT2D eigenvalue weighted by molar-refractivity contribution is 5.89. The molecule has 3 aliphatic rings. The molecule has 0 spiro atoms. The Morgan fingerprint density at radius 3 is 2.23 bits per heavy atom. The summed E-state index contributed by atoms with van der Waals surface area (Å²) in [6.07, 6.45) is 0.395. The molecule has 2 aromatic carbocycles. The third kappa shape index (κ3) is 4.05. The molecule has 2 aliphatic carbocycles. The molecule has 0 radical (unpaired) electrons. The summed E-state index contributed by atoms with van der Waals surface area (Å²) in [6.45, 7) is 2.06. The van der Waals surface area contributed by atoms with Gasteiger partial charge in [-0.3, -0.25) is 4.79 Å². The normalized spacial score (nSPS) is 27.0. The van der Waals surface area contributed by atoms with Gasteiger partial charge in [-0.25, -0.2) is 9.59 Å². The lowest BCUT2D eigenvalue weighted by Crippen LogP contribution is -2.56. The molecule has 1 saturated carbocycles. The zero-order valence-electron chi connectivity index (χ0n) is 19.9. The first kappa shape index (κ1) is 23.4. The van der Waals surface area contributed by atoms with Crippen molar-refractivity contribution >= 4 is 18.0 Å². The summed E-state index contributed by atoms with van der Waals surface area (Å²) in [5.41, 5.74) is 3.37. The van der Waals surface area contributed by atoms with Crippen LogP contribution in [-0.4, -0.2) is 65.9 Å². The minimum absolute atomic E-state index is 0.0125. The Balaban J connectivity index is 1.14. The van der Waals surface area contributed by atoms with Crippen molar-refractivity contribution in [3.8, 4) is 11.1 Å². The number of ether oxygens (including phenoxy) is 2. The average Bonchev–Trinajstić information content (AvgIpc) is 3.35. The van der Waals surface area contributed by atoms with Crippen molar-refractivity contribution in [2.24, 2.45) is 5.92 Å². The molecule has 0 aromatic heterocycles. The molecule has 2 amide bonds. The summed E-state index contributed by atoms with van der Waals surface area (Å²) in [7, 11) is 1.53. The Bertz CT molecular complexity index is 1110. The lowest BCUT2D eigenvalue weighted by molar-refractivity contribution is -0.158. The highest BCUT2D eigenvalue weighted by Gasteiger charge is 2.53. The third-order valence-electron chi connectivity index (χ3n) is 7.82. The number of nitrogens with zero attached hydrogens (tertiary/aromatic N) is 1. The maximum Gasteiger partial charge on any atom is 0.407 e. The molecular formula is C27H30N2O6. The third-order valence-corrected chi connectivity index (χ3v) is 7.82. The van der Waals surface area contributed by atoms with E-state index in [1.807, 2.05) is 24.3 Å². The number of hydrogen-bond donors (Lipinski definition) is 2. The zero-order valence-corrected chi connectivity index (χ0v) is 19.9. The average molecular weight is 479 g/mol. The SMILES string of the molecule is COC1CN(C(=O)C2CC(NC(=O)OCC3c4ccccc4-c4ccccc43)C2)C(C)(C(=O)O)C1. The van der Waals surface area contributed by atoms with Gasteiger partial charge in [-0.1, -0.05) is 48.5 Å². The number of methoxy groups -OCH3 is 1. The highest BCUT2D eigenvalue weighted by Crippen LogP contribution is 2.44. The second-order valence-corrected chi connectivity index (χ2v) is 9.92. The molecule has 2 N–H and O–H groups in total. The number of benzene rings is 2. The number of fused-ring (bicyclic) bond motifs is 3. The second kappa shape index (κ2) is 9.00. The minimum Gasteiger partial charge on any atom is -0.480 e. The number of rotatable bonds is 6. The molecule has 5 rings (SSSR count). The Labute approximate surface area is 204 Å². The van der Waals surface area contributed by atoms with E-state index in [0.717, 1.165) is 11.1 Å². The van der Waals surface area contributed by atoms with Crippen molar-refractivity contribution in [3.05, 3.63) is 59.7 Å². The number of nitrogens with one attached hydrogen (secondary N) is 1. The number of alkyl carbamates (subject to hydrolysis) is 1. The van der Waals surface area contributed by atoms with Crippen LogP contribution in [0.3, 0.4) is 0 Å². The first-order valence-electron chi connectivity index (χ1n) is 12.0. The largest absolute Gasteiger partial charge is 0.480 e. The number of carboxylic acids is 1. The van der Waals surface area contributed by atoms with Crippen molar-refractivity contribution < 1.29 is 29.0 Å². The van der Waals surface area contributed by atoms with Crippen LogP contribution in [0.15, 0.2) is 48.5 Å². The number of carbonyl (C=O) groups excluding carboxylic acids is 2. The van der Waals surface area contributed by atoms with Crippen LogP contribution in [0.4, 0.5) is 4.79 Å². The number of likely N-dealkylation sites (tertiary alicyclic amines) is 1. The fourth-order valence-electron chi connectivity index (χ4n) is 5.68. The quantitative estimate of drug-likeness (QED) is 0.659. The van der Waals surface area contributed by atoms with Gasteiger partial charge in [-0.05, 0) is 42.0 Å². The van der Waals surface area contributed by atoms with Gasteiger partial charge in [-0.15, -0.1) is 0 Å². The van der Waals surface area contributed by atoms with Crippen LogP contribution in [0.2, 0.25) is 0 Å². The first-order chi connectivity index (χ1) is 16.8. The Kier molecular flexibility index (Phi) is 6.01. The van der Waals surface area contributed by atoms with E-state index >= 15 is 0 Å². The molecule has 1 aliphatic heterocycles. The van der Waals surface area contributed by atoms with E-state index in [1.54, 1.807) is 6.92 Å². The summed E-state index contributed by atoms with van der Waals surface area (Å²) >= 11 is 0. The fourth-order valence-corrected chi connectivity index (χ4v) is 5.68. The predicted octanol–water partition coefficient (Wildman–Crippen LogP) is 3.39. The van der Waals surface area contributed by atoms with Gasteiger partial charge in [0.1, 0.15) is 12.1 Å². The van der Waals surface area contributed by atoms with E-state index in [2.05, 4.69) is 29.6 Å². The van der Waals surface area contributed by atoms with Gasteiger partial charge < -0.3 is 24.8 Å². The lowest BCUT2D eigenvalue weighted by Gasteiger charge is -2.40. The van der Waals surface area contributed by atoms with Crippen LogP contribution in [0, 0.1) is 5.92 Å². The van der Waals surface area contributed by atoms with Gasteiger partial charge in [0.05, 0.1) is 6.10 Å². The lowest BCUT2D eigenvalue weighted by atomic mass is 9.78. The summed E-state index contributed by atoms with van der Waals surface area (Å²) < 4.78 is 10.9. The van der Waals surface area contributed by atoms with E-state index < -0.39 is 17.6 Å². The molecule has 1 heterocycles. The first-order valence-corrected chi connectivity index (χ1v) is 12.0. The van der Waals surface area contributed by atoms with Crippen molar-refractivity contribution in [1.29, 1.82) is 0 Å². The van der Waals surface area contributed by atoms with E-state index in [4.69, 9.17) is 9.47 Å². The molecule has 2 atom stereocenters. The summed E-state index contributed by atoms with van der Waals surface area (Å²) in [5.74, 6) is -1.55. The van der Waals surface area contributed by atoms with Gasteiger partial charge in [0, 0.05) is 38.0 Å². The number of aliphatic carboxylic acids is 1. The molecule has 1 saturated heterocycles. The molecule has 184 valence electrons. The molecule has 8 nitrogen and oxygen atoms in total. The number of amides is 2. The minimum atomic E-state index is -1.27. The molecule has 35 heavy (non-hydrogen) atoms. The van der Waals surface area contributed by atoms with Crippen molar-refractivity contribution in [3.63, 3.8) is 0 Å². The topological polar surface area (TPSA) is 105 Å². The van der Waals surface area contributed by atoms with E-state index in [0.29, 0.717) is 12.8 Å². The number of carbonyl (C=O) groups is 3. The molecular weight excluding hydrogens is 448 g/mol. The maximum atomic E-state index is 13.0. The van der Waals surface area contributed by atoms with Crippen LogP contribution >= 0.6 is 0 Å². The molecule has 2 unspecified atom stereocenters. The number of hydrogen-bond acceptors (Lipinski definition) is 5. The predicted molar refractivity (Wildman–Crippen MR) is 128 cm³/mol. The monoisotopic (exact) mass is 478 g/mol. The van der Waals surface area contributed by atoms with E-state index in [-0.39, 0.29) is 49.5 Å². The molecule has 0 bridgehead atoms. The van der Waals surface area contributed by atoms with Gasteiger partial charge in [-0.2, -0.15) is 0 Å². The van der Waals surface area contributed by atoms with Crippen molar-refractivity contribution in [2.75, 3.05) is 20.3 Å².